The highest BCUT2D eigenvalue weighted by atomic mass is 28.4. The standard InChI is InChI=1S/C13H26O5Si/c1-6-16-19(17-7-2,18-8-3)11-9-10-15-13(5)12(4)14/h5-11H2,1-4H3. The minimum Gasteiger partial charge on any atom is -0.491 e. The Kier molecular flexibility index (Phi) is 9.77. The largest absolute Gasteiger partial charge is 0.501 e. The van der Waals surface area contributed by atoms with Crippen LogP contribution in [-0.4, -0.2) is 41.0 Å². The number of ether oxygens (including phenoxy) is 1. The fourth-order valence-corrected chi connectivity index (χ4v) is 4.17. The molecule has 0 spiro atoms. The topological polar surface area (TPSA) is 54.0 Å². The Balaban J connectivity index is 4.24. The van der Waals surface area contributed by atoms with Crippen molar-refractivity contribution in [3.63, 3.8) is 0 Å². The molecule has 0 atom stereocenters. The van der Waals surface area contributed by atoms with Gasteiger partial charge in [-0.3, -0.25) is 4.79 Å². The first-order valence-corrected chi connectivity index (χ1v) is 8.69. The lowest BCUT2D eigenvalue weighted by atomic mass is 10.4. The lowest BCUT2D eigenvalue weighted by Gasteiger charge is -2.28. The number of ketones is 1. The summed E-state index contributed by atoms with van der Waals surface area (Å²) < 4.78 is 22.4. The molecule has 0 aromatic rings. The first kappa shape index (κ1) is 18.3. The van der Waals surface area contributed by atoms with Crippen molar-refractivity contribution in [1.29, 1.82) is 0 Å². The second-order valence-electron chi connectivity index (χ2n) is 3.91. The molecule has 0 aliphatic carbocycles. The van der Waals surface area contributed by atoms with Crippen LogP contribution >= 0.6 is 0 Å². The number of hydrogen-bond donors (Lipinski definition) is 0. The third-order valence-corrected chi connectivity index (χ3v) is 5.54. The van der Waals surface area contributed by atoms with E-state index >= 15 is 0 Å². The maximum atomic E-state index is 11.0. The van der Waals surface area contributed by atoms with Crippen LogP contribution in [0.3, 0.4) is 0 Å². The molecule has 0 heterocycles. The lowest BCUT2D eigenvalue weighted by molar-refractivity contribution is -0.116. The number of carbonyl (C=O) groups excluding carboxylic acids is 1. The van der Waals surface area contributed by atoms with Crippen LogP contribution in [0.1, 0.15) is 34.1 Å². The number of hydrogen-bond acceptors (Lipinski definition) is 5. The normalized spacial score (nSPS) is 11.4. The molecule has 112 valence electrons. The van der Waals surface area contributed by atoms with Gasteiger partial charge in [-0.15, -0.1) is 0 Å². The minimum absolute atomic E-state index is 0.150. The molecule has 0 rings (SSSR count). The Morgan fingerprint density at radius 2 is 1.53 bits per heavy atom. The van der Waals surface area contributed by atoms with Crippen molar-refractivity contribution in [2.75, 3.05) is 26.4 Å². The third-order valence-electron chi connectivity index (χ3n) is 2.39. The fourth-order valence-electron chi connectivity index (χ4n) is 1.59. The van der Waals surface area contributed by atoms with Crippen LogP contribution < -0.4 is 0 Å². The maximum absolute atomic E-state index is 11.0. The summed E-state index contributed by atoms with van der Waals surface area (Å²) in [6, 6.07) is 0.674. The Bertz CT molecular complexity index is 263. The Labute approximate surface area is 117 Å². The predicted molar refractivity (Wildman–Crippen MR) is 75.8 cm³/mol. The van der Waals surface area contributed by atoms with Gasteiger partial charge in [0.1, 0.15) is 0 Å². The summed E-state index contributed by atoms with van der Waals surface area (Å²) in [6.45, 7) is 12.9. The van der Waals surface area contributed by atoms with E-state index in [-0.39, 0.29) is 11.5 Å². The van der Waals surface area contributed by atoms with Crippen LogP contribution in [0.2, 0.25) is 6.04 Å². The molecule has 0 aromatic carbocycles. The van der Waals surface area contributed by atoms with E-state index in [2.05, 4.69) is 6.58 Å². The van der Waals surface area contributed by atoms with Crippen molar-refractivity contribution in [2.45, 2.75) is 40.2 Å². The van der Waals surface area contributed by atoms with Gasteiger partial charge in [-0.1, -0.05) is 6.58 Å². The smallest absolute Gasteiger partial charge is 0.491 e. The highest BCUT2D eigenvalue weighted by Crippen LogP contribution is 2.18. The highest BCUT2D eigenvalue weighted by Gasteiger charge is 2.39. The third kappa shape index (κ3) is 7.46. The number of Topliss-reactive ketones (excluding diaryl/α,β-unsaturated/α-hetero) is 1. The average molecular weight is 290 g/mol. The van der Waals surface area contributed by atoms with E-state index in [1.807, 2.05) is 20.8 Å². The lowest BCUT2D eigenvalue weighted by Crippen LogP contribution is -2.46. The first-order valence-electron chi connectivity index (χ1n) is 6.75. The number of allylic oxidation sites excluding steroid dienone is 1. The van der Waals surface area contributed by atoms with Gasteiger partial charge in [0.2, 0.25) is 0 Å². The summed E-state index contributed by atoms with van der Waals surface area (Å²) in [5.74, 6) is 0.0411. The monoisotopic (exact) mass is 290 g/mol. The van der Waals surface area contributed by atoms with Crippen molar-refractivity contribution in [3.8, 4) is 0 Å². The van der Waals surface area contributed by atoms with Crippen LogP contribution in [0, 0.1) is 0 Å². The zero-order chi connectivity index (χ0) is 14.7. The number of rotatable bonds is 12. The zero-order valence-corrected chi connectivity index (χ0v) is 13.5. The minimum atomic E-state index is -2.59. The van der Waals surface area contributed by atoms with Gasteiger partial charge >= 0.3 is 8.80 Å². The number of carbonyl (C=O) groups is 1. The summed E-state index contributed by atoms with van der Waals surface area (Å²) in [6.07, 6.45) is 0.707. The predicted octanol–water partition coefficient (Wildman–Crippen LogP) is 2.54. The Morgan fingerprint density at radius 1 is 1.05 bits per heavy atom. The van der Waals surface area contributed by atoms with Crippen LogP contribution in [0.25, 0.3) is 0 Å². The van der Waals surface area contributed by atoms with E-state index in [9.17, 15) is 4.79 Å². The molecule has 5 nitrogen and oxygen atoms in total. The van der Waals surface area contributed by atoms with E-state index in [1.165, 1.54) is 6.92 Å². The van der Waals surface area contributed by atoms with Crippen LogP contribution in [0.15, 0.2) is 12.3 Å². The quantitative estimate of drug-likeness (QED) is 0.239. The van der Waals surface area contributed by atoms with Crippen molar-refractivity contribution in [1.82, 2.24) is 0 Å². The molecule has 0 bridgehead atoms. The first-order chi connectivity index (χ1) is 9.01. The molecule has 0 aliphatic rings. The molecule has 0 saturated carbocycles. The van der Waals surface area contributed by atoms with Gasteiger partial charge in [0.25, 0.3) is 0 Å². The summed E-state index contributed by atoms with van der Waals surface area (Å²) in [5, 5.41) is 0. The molecule has 0 N–H and O–H groups in total. The van der Waals surface area contributed by atoms with Crippen LogP contribution in [-0.2, 0) is 22.8 Å². The molecule has 6 heteroatoms. The zero-order valence-electron chi connectivity index (χ0n) is 12.5. The highest BCUT2D eigenvalue weighted by molar-refractivity contribution is 6.60. The second kappa shape index (κ2) is 10.1. The van der Waals surface area contributed by atoms with Crippen LogP contribution in [0.5, 0.6) is 0 Å². The molecule has 0 aromatic heterocycles. The Hall–Kier alpha value is -0.693. The molecule has 0 unspecified atom stereocenters. The van der Waals surface area contributed by atoms with Crippen molar-refractivity contribution in [3.05, 3.63) is 12.3 Å². The Morgan fingerprint density at radius 3 is 1.89 bits per heavy atom. The van der Waals surface area contributed by atoms with Gasteiger partial charge in [0.05, 0.1) is 6.61 Å². The van der Waals surface area contributed by atoms with Gasteiger partial charge in [-0.2, -0.15) is 0 Å². The van der Waals surface area contributed by atoms with E-state index < -0.39 is 8.80 Å². The molecule has 19 heavy (non-hydrogen) atoms. The maximum Gasteiger partial charge on any atom is 0.501 e. The van der Waals surface area contributed by atoms with Crippen LogP contribution in [0.4, 0.5) is 0 Å². The molecule has 0 fully saturated rings. The summed E-state index contributed by atoms with van der Waals surface area (Å²) >= 11 is 0. The van der Waals surface area contributed by atoms with Crippen molar-refractivity contribution in [2.24, 2.45) is 0 Å². The molecular formula is C13H26O5Si. The van der Waals surface area contributed by atoms with Gasteiger partial charge in [-0.05, 0) is 27.2 Å². The SMILES string of the molecule is C=C(OCCC[Si](OCC)(OCC)OCC)C(C)=O. The summed E-state index contributed by atoms with van der Waals surface area (Å²) in [4.78, 5) is 11.0. The van der Waals surface area contributed by atoms with Gasteiger partial charge in [-0.25, -0.2) is 0 Å². The molecule has 0 amide bonds. The van der Waals surface area contributed by atoms with E-state index in [1.54, 1.807) is 0 Å². The fraction of sp³-hybridized carbons (Fsp3) is 0.769. The van der Waals surface area contributed by atoms with Crippen molar-refractivity contribution < 1.29 is 22.8 Å². The van der Waals surface area contributed by atoms with Gasteiger partial charge < -0.3 is 18.0 Å². The van der Waals surface area contributed by atoms with Gasteiger partial charge in [0.15, 0.2) is 11.5 Å². The molecular weight excluding hydrogens is 264 g/mol. The second-order valence-corrected chi connectivity index (χ2v) is 6.65. The van der Waals surface area contributed by atoms with E-state index in [0.717, 1.165) is 0 Å². The molecule has 0 saturated heterocycles. The van der Waals surface area contributed by atoms with E-state index in [4.69, 9.17) is 18.0 Å². The average Bonchev–Trinajstić information content (AvgIpc) is 2.35. The van der Waals surface area contributed by atoms with Crippen molar-refractivity contribution >= 4 is 14.6 Å². The molecule has 0 radical (unpaired) electrons. The van der Waals surface area contributed by atoms with E-state index in [0.29, 0.717) is 38.9 Å². The summed E-state index contributed by atoms with van der Waals surface area (Å²) in [5.41, 5.74) is 0. The molecule has 0 aliphatic heterocycles. The summed E-state index contributed by atoms with van der Waals surface area (Å²) in [7, 11) is -2.59. The van der Waals surface area contributed by atoms with Gasteiger partial charge in [0, 0.05) is 32.8 Å².